The molecule has 1 aliphatic carbocycles. The van der Waals surface area contributed by atoms with Gasteiger partial charge in [0.15, 0.2) is 0 Å². The summed E-state index contributed by atoms with van der Waals surface area (Å²) in [6, 6.07) is 4.19. The molecule has 0 spiro atoms. The topological polar surface area (TPSA) is 75.6 Å². The lowest BCUT2D eigenvalue weighted by Gasteiger charge is -2.19. The highest BCUT2D eigenvalue weighted by molar-refractivity contribution is 7.89. The number of aliphatic hydroxyl groups is 1. The van der Waals surface area contributed by atoms with Crippen LogP contribution in [0.5, 0.6) is 0 Å². The van der Waals surface area contributed by atoms with Crippen LogP contribution in [-0.4, -0.2) is 32.3 Å². The SMILES string of the molecule is O=S(=O)(NC1CCOC1C1CC1)c1ccc(CO)c(Cl)c1. The minimum Gasteiger partial charge on any atom is -0.392 e. The van der Waals surface area contributed by atoms with Crippen LogP contribution in [0.2, 0.25) is 5.02 Å². The Morgan fingerprint density at radius 2 is 2.10 bits per heavy atom. The van der Waals surface area contributed by atoms with Crippen molar-refractivity contribution in [2.45, 2.75) is 42.9 Å². The molecule has 2 fully saturated rings. The molecule has 1 aliphatic heterocycles. The third-order valence-corrected chi connectivity index (χ3v) is 5.87. The van der Waals surface area contributed by atoms with Gasteiger partial charge in [0.25, 0.3) is 0 Å². The number of aliphatic hydroxyl groups excluding tert-OH is 1. The summed E-state index contributed by atoms with van der Waals surface area (Å²) in [5, 5.41) is 9.33. The first-order chi connectivity index (χ1) is 10.0. The van der Waals surface area contributed by atoms with Crippen molar-refractivity contribution < 1.29 is 18.3 Å². The van der Waals surface area contributed by atoms with Crippen LogP contribution in [0.4, 0.5) is 0 Å². The van der Waals surface area contributed by atoms with E-state index in [-0.39, 0.29) is 28.7 Å². The first kappa shape index (κ1) is 15.2. The van der Waals surface area contributed by atoms with Gasteiger partial charge < -0.3 is 9.84 Å². The van der Waals surface area contributed by atoms with E-state index in [1.165, 1.54) is 18.2 Å². The Hall–Kier alpha value is -0.660. The van der Waals surface area contributed by atoms with E-state index >= 15 is 0 Å². The highest BCUT2D eigenvalue weighted by atomic mass is 35.5. The van der Waals surface area contributed by atoms with Crippen LogP contribution in [0.15, 0.2) is 23.1 Å². The van der Waals surface area contributed by atoms with Crippen molar-refractivity contribution in [1.29, 1.82) is 0 Å². The molecule has 1 saturated carbocycles. The Morgan fingerprint density at radius 3 is 2.71 bits per heavy atom. The molecule has 116 valence electrons. The van der Waals surface area contributed by atoms with Crippen molar-refractivity contribution in [2.75, 3.05) is 6.61 Å². The van der Waals surface area contributed by atoms with Gasteiger partial charge in [-0.25, -0.2) is 13.1 Å². The highest BCUT2D eigenvalue weighted by Gasteiger charge is 2.42. The fourth-order valence-corrected chi connectivity index (χ4v) is 4.33. The summed E-state index contributed by atoms with van der Waals surface area (Å²) in [7, 11) is -3.63. The minimum atomic E-state index is -3.63. The molecule has 2 unspecified atom stereocenters. The smallest absolute Gasteiger partial charge is 0.240 e. The number of rotatable bonds is 5. The number of hydrogen-bond donors (Lipinski definition) is 2. The third kappa shape index (κ3) is 3.24. The van der Waals surface area contributed by atoms with E-state index in [4.69, 9.17) is 21.4 Å². The molecule has 5 nitrogen and oxygen atoms in total. The summed E-state index contributed by atoms with van der Waals surface area (Å²) in [5.74, 6) is 0.487. The molecule has 0 amide bonds. The number of nitrogens with one attached hydrogen (secondary N) is 1. The number of sulfonamides is 1. The highest BCUT2D eigenvalue weighted by Crippen LogP contribution is 2.39. The number of hydrogen-bond acceptors (Lipinski definition) is 4. The molecule has 2 N–H and O–H groups in total. The first-order valence-electron chi connectivity index (χ1n) is 7.04. The first-order valence-corrected chi connectivity index (χ1v) is 8.90. The molecule has 7 heteroatoms. The normalized spacial score (nSPS) is 26.2. The lowest BCUT2D eigenvalue weighted by atomic mass is 10.1. The largest absolute Gasteiger partial charge is 0.392 e. The average Bonchev–Trinajstić information content (AvgIpc) is 3.19. The number of ether oxygens (including phenoxy) is 1. The fourth-order valence-electron chi connectivity index (χ4n) is 2.72. The van der Waals surface area contributed by atoms with Crippen LogP contribution in [0.25, 0.3) is 0 Å². The monoisotopic (exact) mass is 331 g/mol. The molecule has 0 aromatic heterocycles. The molecule has 1 saturated heterocycles. The van der Waals surface area contributed by atoms with E-state index in [1.807, 2.05) is 0 Å². The van der Waals surface area contributed by atoms with Crippen molar-refractivity contribution in [2.24, 2.45) is 5.92 Å². The Bertz CT molecular complexity index is 630. The van der Waals surface area contributed by atoms with E-state index < -0.39 is 10.0 Å². The molecule has 0 radical (unpaired) electrons. The predicted octanol–water partition coefficient (Wildman–Crippen LogP) is 1.68. The Balaban J connectivity index is 1.78. The van der Waals surface area contributed by atoms with Gasteiger partial charge in [-0.1, -0.05) is 17.7 Å². The van der Waals surface area contributed by atoms with Crippen LogP contribution >= 0.6 is 11.6 Å². The molecular formula is C14H18ClNO4S. The zero-order valence-corrected chi connectivity index (χ0v) is 13.0. The number of benzene rings is 1. The van der Waals surface area contributed by atoms with Gasteiger partial charge in [0.05, 0.1) is 23.6 Å². The predicted molar refractivity (Wildman–Crippen MR) is 78.6 cm³/mol. The lowest BCUT2D eigenvalue weighted by molar-refractivity contribution is 0.0848. The minimum absolute atomic E-state index is 0.00744. The van der Waals surface area contributed by atoms with Crippen LogP contribution < -0.4 is 4.72 Å². The van der Waals surface area contributed by atoms with Crippen LogP contribution in [0, 0.1) is 5.92 Å². The summed E-state index contributed by atoms with van der Waals surface area (Å²) < 4.78 is 33.3. The standard InChI is InChI=1S/C14H18ClNO4S/c15-12-7-11(4-3-10(12)8-17)21(18,19)16-13-5-6-20-14(13)9-1-2-9/h3-4,7,9,13-14,16-17H,1-2,5-6,8H2. The Kier molecular flexibility index (Phi) is 4.25. The second-order valence-electron chi connectivity index (χ2n) is 5.60. The maximum Gasteiger partial charge on any atom is 0.240 e. The van der Waals surface area contributed by atoms with E-state index in [1.54, 1.807) is 0 Å². The van der Waals surface area contributed by atoms with Gasteiger partial charge in [0.2, 0.25) is 10.0 Å². The van der Waals surface area contributed by atoms with Gasteiger partial charge >= 0.3 is 0 Å². The van der Waals surface area contributed by atoms with Gasteiger partial charge in [-0.15, -0.1) is 0 Å². The summed E-state index contributed by atoms with van der Waals surface area (Å²) in [6.07, 6.45) is 2.91. The zero-order chi connectivity index (χ0) is 15.0. The molecule has 21 heavy (non-hydrogen) atoms. The van der Waals surface area contributed by atoms with E-state index in [9.17, 15) is 8.42 Å². The molecule has 3 rings (SSSR count). The Labute approximate surface area is 129 Å². The van der Waals surface area contributed by atoms with Crippen molar-refractivity contribution >= 4 is 21.6 Å². The van der Waals surface area contributed by atoms with Gasteiger partial charge in [-0.2, -0.15) is 0 Å². The van der Waals surface area contributed by atoms with Gasteiger partial charge in [0.1, 0.15) is 0 Å². The maximum atomic E-state index is 12.4. The molecule has 2 atom stereocenters. The van der Waals surface area contributed by atoms with Crippen LogP contribution in [-0.2, 0) is 21.4 Å². The summed E-state index contributed by atoms with van der Waals surface area (Å²) >= 11 is 5.96. The summed E-state index contributed by atoms with van der Waals surface area (Å²) in [6.45, 7) is 0.380. The summed E-state index contributed by atoms with van der Waals surface area (Å²) in [5.41, 5.74) is 0.510. The van der Waals surface area contributed by atoms with E-state index in [0.29, 0.717) is 24.5 Å². The maximum absolute atomic E-state index is 12.4. The van der Waals surface area contributed by atoms with Crippen molar-refractivity contribution in [3.63, 3.8) is 0 Å². The van der Waals surface area contributed by atoms with Gasteiger partial charge in [-0.05, 0) is 42.9 Å². The van der Waals surface area contributed by atoms with Crippen molar-refractivity contribution in [3.05, 3.63) is 28.8 Å². The third-order valence-electron chi connectivity index (χ3n) is 4.03. The quantitative estimate of drug-likeness (QED) is 0.860. The molecular weight excluding hydrogens is 314 g/mol. The average molecular weight is 332 g/mol. The van der Waals surface area contributed by atoms with Crippen LogP contribution in [0.3, 0.4) is 0 Å². The van der Waals surface area contributed by atoms with Gasteiger partial charge in [-0.3, -0.25) is 0 Å². The summed E-state index contributed by atoms with van der Waals surface area (Å²) in [4.78, 5) is 0.117. The molecule has 2 aliphatic rings. The van der Waals surface area contributed by atoms with E-state index in [2.05, 4.69) is 4.72 Å². The van der Waals surface area contributed by atoms with Crippen LogP contribution in [0.1, 0.15) is 24.8 Å². The number of halogens is 1. The van der Waals surface area contributed by atoms with E-state index in [0.717, 1.165) is 12.8 Å². The van der Waals surface area contributed by atoms with Gasteiger partial charge in [0, 0.05) is 11.6 Å². The lowest BCUT2D eigenvalue weighted by Crippen LogP contribution is -2.41. The zero-order valence-electron chi connectivity index (χ0n) is 11.5. The Morgan fingerprint density at radius 1 is 1.33 bits per heavy atom. The molecule has 1 heterocycles. The van der Waals surface area contributed by atoms with Crippen molar-refractivity contribution in [3.8, 4) is 0 Å². The molecule has 0 bridgehead atoms. The second kappa shape index (κ2) is 5.85. The second-order valence-corrected chi connectivity index (χ2v) is 7.72. The molecule has 1 aromatic rings. The fraction of sp³-hybridized carbons (Fsp3) is 0.571. The molecule has 1 aromatic carbocycles. The van der Waals surface area contributed by atoms with Crippen molar-refractivity contribution in [1.82, 2.24) is 4.72 Å².